The summed E-state index contributed by atoms with van der Waals surface area (Å²) in [6, 6.07) is 4.44. The predicted octanol–water partition coefficient (Wildman–Crippen LogP) is 3.42. The molecule has 6 heteroatoms. The van der Waals surface area contributed by atoms with Crippen molar-refractivity contribution in [3.8, 4) is 0 Å². The summed E-state index contributed by atoms with van der Waals surface area (Å²) in [5.41, 5.74) is 0.448. The van der Waals surface area contributed by atoms with Crippen molar-refractivity contribution in [2.45, 2.75) is 19.4 Å². The summed E-state index contributed by atoms with van der Waals surface area (Å²) in [4.78, 5) is 16.2. The molecule has 1 aromatic heterocycles. The molecular formula is C12H11Cl2N3O. The Kier molecular flexibility index (Phi) is 3.99. The fourth-order valence-corrected chi connectivity index (χ4v) is 2.24. The highest BCUT2D eigenvalue weighted by Crippen LogP contribution is 2.25. The van der Waals surface area contributed by atoms with Crippen LogP contribution in [-0.4, -0.2) is 20.5 Å². The van der Waals surface area contributed by atoms with Gasteiger partial charge in [0, 0.05) is 10.6 Å². The first-order valence-electron chi connectivity index (χ1n) is 5.47. The molecule has 0 spiro atoms. The summed E-state index contributed by atoms with van der Waals surface area (Å²) in [6.45, 7) is 1.91. The molecule has 1 heterocycles. The number of hydrogen-bond donors (Lipinski definition) is 0. The quantitative estimate of drug-likeness (QED) is 0.808. The Morgan fingerprint density at radius 1 is 1.44 bits per heavy atom. The van der Waals surface area contributed by atoms with Gasteiger partial charge in [0.25, 0.3) is 0 Å². The zero-order valence-corrected chi connectivity index (χ0v) is 11.2. The van der Waals surface area contributed by atoms with Crippen LogP contribution < -0.4 is 0 Å². The Morgan fingerprint density at radius 2 is 2.22 bits per heavy atom. The molecule has 0 bridgehead atoms. The number of carbonyl (C=O) groups is 1. The van der Waals surface area contributed by atoms with Crippen molar-refractivity contribution in [1.82, 2.24) is 14.8 Å². The van der Waals surface area contributed by atoms with Crippen molar-refractivity contribution >= 4 is 29.0 Å². The van der Waals surface area contributed by atoms with Crippen molar-refractivity contribution in [2.24, 2.45) is 0 Å². The molecule has 0 amide bonds. The van der Waals surface area contributed by atoms with E-state index in [1.165, 1.54) is 17.3 Å². The number of hydrogen-bond acceptors (Lipinski definition) is 3. The second-order valence-corrected chi connectivity index (χ2v) is 4.63. The summed E-state index contributed by atoms with van der Waals surface area (Å²) in [5, 5.41) is 4.85. The Morgan fingerprint density at radius 3 is 2.78 bits per heavy atom. The zero-order valence-electron chi connectivity index (χ0n) is 9.68. The van der Waals surface area contributed by atoms with Gasteiger partial charge in [-0.2, -0.15) is 5.10 Å². The SMILES string of the molecule is CCC(C(=O)c1ccc(Cl)cc1Cl)n1cncn1. The van der Waals surface area contributed by atoms with Gasteiger partial charge < -0.3 is 0 Å². The molecule has 2 aromatic rings. The highest BCUT2D eigenvalue weighted by molar-refractivity contribution is 6.36. The smallest absolute Gasteiger partial charge is 0.188 e. The summed E-state index contributed by atoms with van der Waals surface area (Å²) < 4.78 is 1.53. The lowest BCUT2D eigenvalue weighted by Gasteiger charge is -2.14. The summed E-state index contributed by atoms with van der Waals surface area (Å²) in [6.07, 6.45) is 3.54. The molecule has 0 fully saturated rings. The van der Waals surface area contributed by atoms with Crippen molar-refractivity contribution in [2.75, 3.05) is 0 Å². The summed E-state index contributed by atoms with van der Waals surface area (Å²) in [7, 11) is 0. The van der Waals surface area contributed by atoms with Crippen LogP contribution in [0.5, 0.6) is 0 Å². The molecule has 0 N–H and O–H groups in total. The molecule has 1 unspecified atom stereocenters. The second-order valence-electron chi connectivity index (χ2n) is 3.79. The fourth-order valence-electron chi connectivity index (χ4n) is 1.74. The third-order valence-corrected chi connectivity index (χ3v) is 3.19. The Labute approximate surface area is 115 Å². The third-order valence-electron chi connectivity index (χ3n) is 2.64. The number of aromatic nitrogens is 3. The molecule has 94 valence electrons. The highest BCUT2D eigenvalue weighted by atomic mass is 35.5. The topological polar surface area (TPSA) is 47.8 Å². The highest BCUT2D eigenvalue weighted by Gasteiger charge is 2.22. The number of halogens is 2. The first-order chi connectivity index (χ1) is 8.63. The molecule has 0 saturated carbocycles. The minimum Gasteiger partial charge on any atom is -0.292 e. The normalized spacial score (nSPS) is 12.4. The van der Waals surface area contributed by atoms with Crippen molar-refractivity contribution < 1.29 is 4.79 Å². The van der Waals surface area contributed by atoms with Crippen molar-refractivity contribution in [3.63, 3.8) is 0 Å². The molecule has 0 aliphatic rings. The van der Waals surface area contributed by atoms with E-state index < -0.39 is 6.04 Å². The molecule has 0 saturated heterocycles. The Bertz CT molecular complexity index is 554. The summed E-state index contributed by atoms with van der Waals surface area (Å²) in [5.74, 6) is -0.0929. The van der Waals surface area contributed by atoms with Gasteiger partial charge in [0.15, 0.2) is 5.78 Å². The van der Waals surface area contributed by atoms with Gasteiger partial charge in [0.2, 0.25) is 0 Å². The second kappa shape index (κ2) is 5.50. The van der Waals surface area contributed by atoms with Gasteiger partial charge >= 0.3 is 0 Å². The van der Waals surface area contributed by atoms with E-state index in [1.807, 2.05) is 6.92 Å². The van der Waals surface area contributed by atoms with Gasteiger partial charge in [0.1, 0.15) is 18.7 Å². The third kappa shape index (κ3) is 2.54. The average Bonchev–Trinajstić information content (AvgIpc) is 2.83. The molecule has 4 nitrogen and oxygen atoms in total. The van der Waals surface area contributed by atoms with E-state index in [0.717, 1.165) is 0 Å². The average molecular weight is 284 g/mol. The molecule has 0 radical (unpaired) electrons. The van der Waals surface area contributed by atoms with E-state index >= 15 is 0 Å². The maximum atomic E-state index is 12.4. The van der Waals surface area contributed by atoms with Crippen LogP contribution in [0.25, 0.3) is 0 Å². The fraction of sp³-hybridized carbons (Fsp3) is 0.250. The van der Waals surface area contributed by atoms with E-state index in [2.05, 4.69) is 10.1 Å². The van der Waals surface area contributed by atoms with E-state index in [9.17, 15) is 4.79 Å². The maximum Gasteiger partial charge on any atom is 0.188 e. The lowest BCUT2D eigenvalue weighted by molar-refractivity contribution is 0.0914. The summed E-state index contributed by atoms with van der Waals surface area (Å²) >= 11 is 11.8. The van der Waals surface area contributed by atoms with E-state index in [1.54, 1.807) is 18.2 Å². The zero-order chi connectivity index (χ0) is 13.1. The van der Waals surface area contributed by atoms with Crippen LogP contribution in [0.1, 0.15) is 29.7 Å². The van der Waals surface area contributed by atoms with Crippen LogP contribution in [-0.2, 0) is 0 Å². The van der Waals surface area contributed by atoms with Crippen LogP contribution in [0.15, 0.2) is 30.9 Å². The van der Waals surface area contributed by atoms with E-state index in [-0.39, 0.29) is 5.78 Å². The van der Waals surface area contributed by atoms with Crippen molar-refractivity contribution in [3.05, 3.63) is 46.5 Å². The lowest BCUT2D eigenvalue weighted by Crippen LogP contribution is -2.20. The van der Waals surface area contributed by atoms with Gasteiger partial charge in [-0.1, -0.05) is 30.1 Å². The number of Topliss-reactive ketones (excluding diaryl/α,β-unsaturated/α-hetero) is 1. The van der Waals surface area contributed by atoms with Crippen LogP contribution in [0, 0.1) is 0 Å². The Hall–Kier alpha value is -1.39. The van der Waals surface area contributed by atoms with Crippen molar-refractivity contribution in [1.29, 1.82) is 0 Å². The van der Waals surface area contributed by atoms with Crippen LogP contribution in [0.4, 0.5) is 0 Å². The Balaban J connectivity index is 2.35. The van der Waals surface area contributed by atoms with E-state index in [0.29, 0.717) is 22.0 Å². The van der Waals surface area contributed by atoms with E-state index in [4.69, 9.17) is 23.2 Å². The standard InChI is InChI=1S/C12H11Cl2N3O/c1-2-11(17-7-15-6-16-17)12(18)9-4-3-8(13)5-10(9)14/h3-7,11H,2H2,1H3. The molecule has 2 rings (SSSR count). The first kappa shape index (κ1) is 13.1. The minimum absolute atomic E-state index is 0.0929. The number of nitrogens with zero attached hydrogens (tertiary/aromatic N) is 3. The predicted molar refractivity (Wildman–Crippen MR) is 70.1 cm³/mol. The minimum atomic E-state index is -0.397. The molecule has 0 aliphatic carbocycles. The monoisotopic (exact) mass is 283 g/mol. The lowest BCUT2D eigenvalue weighted by atomic mass is 10.0. The van der Waals surface area contributed by atoms with Gasteiger partial charge in [-0.15, -0.1) is 0 Å². The molecule has 1 atom stereocenters. The van der Waals surface area contributed by atoms with Gasteiger partial charge in [-0.3, -0.25) is 4.79 Å². The van der Waals surface area contributed by atoms with Gasteiger partial charge in [-0.25, -0.2) is 9.67 Å². The maximum absolute atomic E-state index is 12.4. The molecular weight excluding hydrogens is 273 g/mol. The number of carbonyl (C=O) groups excluding carboxylic acids is 1. The largest absolute Gasteiger partial charge is 0.292 e. The first-order valence-corrected chi connectivity index (χ1v) is 6.22. The number of rotatable bonds is 4. The van der Waals surface area contributed by atoms with Crippen LogP contribution in [0.2, 0.25) is 10.0 Å². The molecule has 1 aromatic carbocycles. The number of ketones is 1. The number of benzene rings is 1. The van der Waals surface area contributed by atoms with Gasteiger partial charge in [-0.05, 0) is 24.6 Å². The molecule has 0 aliphatic heterocycles. The molecule has 18 heavy (non-hydrogen) atoms. The van der Waals surface area contributed by atoms with Gasteiger partial charge in [0.05, 0.1) is 5.02 Å². The van der Waals surface area contributed by atoms with Crippen LogP contribution >= 0.6 is 23.2 Å². The van der Waals surface area contributed by atoms with Crippen LogP contribution in [0.3, 0.4) is 0 Å².